The lowest BCUT2D eigenvalue weighted by Gasteiger charge is -2.10. The quantitative estimate of drug-likeness (QED) is 0.652. The zero-order valence-corrected chi connectivity index (χ0v) is 15.1. The molecule has 1 N–H and O–H groups in total. The first-order chi connectivity index (χ1) is 13.2. The largest absolute Gasteiger partial charge is 0.493 e. The van der Waals surface area contributed by atoms with E-state index in [-0.39, 0.29) is 12.3 Å². The van der Waals surface area contributed by atoms with Crippen LogP contribution in [0.5, 0.6) is 11.5 Å². The maximum atomic E-state index is 12.1. The highest BCUT2D eigenvalue weighted by Crippen LogP contribution is 2.27. The molecular formula is C19H20N4O4. The van der Waals surface area contributed by atoms with Crippen molar-refractivity contribution in [3.05, 3.63) is 54.2 Å². The number of carbonyl (C=O) groups excluding carboxylic acids is 1. The molecule has 0 unspecified atom stereocenters. The van der Waals surface area contributed by atoms with Gasteiger partial charge in [0.1, 0.15) is 0 Å². The fourth-order valence-corrected chi connectivity index (χ4v) is 2.47. The lowest BCUT2D eigenvalue weighted by atomic mass is 10.2. The smallest absolute Gasteiger partial charge is 0.227 e. The second kappa shape index (κ2) is 8.79. The molecular weight excluding hydrogens is 348 g/mol. The van der Waals surface area contributed by atoms with Crippen molar-refractivity contribution in [2.75, 3.05) is 14.2 Å². The van der Waals surface area contributed by atoms with Gasteiger partial charge in [0.25, 0.3) is 0 Å². The number of nitrogens with one attached hydrogen (secondary N) is 1. The number of ether oxygens (including phenoxy) is 2. The van der Waals surface area contributed by atoms with Crippen molar-refractivity contribution in [2.45, 2.75) is 19.4 Å². The van der Waals surface area contributed by atoms with Gasteiger partial charge in [-0.25, -0.2) is 0 Å². The van der Waals surface area contributed by atoms with E-state index >= 15 is 0 Å². The summed E-state index contributed by atoms with van der Waals surface area (Å²) < 4.78 is 15.6. The highest BCUT2D eigenvalue weighted by atomic mass is 16.5. The van der Waals surface area contributed by atoms with Crippen LogP contribution in [0.15, 0.2) is 47.2 Å². The number of methoxy groups -OCH3 is 2. The van der Waals surface area contributed by atoms with Crippen LogP contribution in [0.4, 0.5) is 0 Å². The molecule has 3 aromatic rings. The highest BCUT2D eigenvalue weighted by molar-refractivity contribution is 5.76. The van der Waals surface area contributed by atoms with E-state index in [1.807, 2.05) is 18.2 Å². The van der Waals surface area contributed by atoms with E-state index in [9.17, 15) is 4.79 Å². The Kier molecular flexibility index (Phi) is 5.98. The number of hydrogen-bond acceptors (Lipinski definition) is 7. The first kappa shape index (κ1) is 18.4. The van der Waals surface area contributed by atoms with Gasteiger partial charge in [-0.3, -0.25) is 9.78 Å². The average Bonchev–Trinajstić information content (AvgIpc) is 3.20. The Balaban J connectivity index is 1.50. The molecule has 2 heterocycles. The SMILES string of the molecule is COc1ccc(CNC(=O)CCc2nc(-c3cccnc3)no2)cc1OC. The number of pyridine rings is 1. The first-order valence-corrected chi connectivity index (χ1v) is 8.40. The predicted molar refractivity (Wildman–Crippen MR) is 97.2 cm³/mol. The molecule has 0 aliphatic carbocycles. The Hall–Kier alpha value is -3.42. The third-order valence-corrected chi connectivity index (χ3v) is 3.89. The van der Waals surface area contributed by atoms with Crippen LogP contribution in [-0.2, 0) is 17.8 Å². The van der Waals surface area contributed by atoms with Gasteiger partial charge in [0.2, 0.25) is 17.6 Å². The standard InChI is InChI=1S/C19H20N4O4/c1-25-15-6-5-13(10-16(15)26-2)11-21-17(24)7-8-18-22-19(23-27-18)14-4-3-9-20-12-14/h3-6,9-10,12H,7-8,11H2,1-2H3,(H,21,24). The Morgan fingerprint density at radius 3 is 2.78 bits per heavy atom. The maximum Gasteiger partial charge on any atom is 0.227 e. The molecule has 140 valence electrons. The zero-order chi connectivity index (χ0) is 19.1. The molecule has 1 amide bonds. The summed E-state index contributed by atoms with van der Waals surface area (Å²) in [6.07, 6.45) is 3.95. The minimum absolute atomic E-state index is 0.106. The fourth-order valence-electron chi connectivity index (χ4n) is 2.47. The molecule has 2 aromatic heterocycles. The molecule has 0 fully saturated rings. The van der Waals surface area contributed by atoms with Gasteiger partial charge in [-0.15, -0.1) is 0 Å². The van der Waals surface area contributed by atoms with Crippen molar-refractivity contribution in [1.82, 2.24) is 20.4 Å². The summed E-state index contributed by atoms with van der Waals surface area (Å²) in [5.41, 5.74) is 1.68. The Morgan fingerprint density at radius 2 is 2.04 bits per heavy atom. The Bertz CT molecular complexity index is 896. The average molecular weight is 368 g/mol. The van der Waals surface area contributed by atoms with E-state index in [4.69, 9.17) is 14.0 Å². The highest BCUT2D eigenvalue weighted by Gasteiger charge is 2.11. The number of aryl methyl sites for hydroxylation is 1. The first-order valence-electron chi connectivity index (χ1n) is 8.40. The Morgan fingerprint density at radius 1 is 1.19 bits per heavy atom. The number of aromatic nitrogens is 3. The van der Waals surface area contributed by atoms with Crippen LogP contribution in [0.3, 0.4) is 0 Å². The minimum Gasteiger partial charge on any atom is -0.493 e. The van der Waals surface area contributed by atoms with Gasteiger partial charge in [0.05, 0.1) is 14.2 Å². The molecule has 1 aromatic carbocycles. The van der Waals surface area contributed by atoms with Gasteiger partial charge in [0.15, 0.2) is 11.5 Å². The van der Waals surface area contributed by atoms with E-state index in [0.29, 0.717) is 36.2 Å². The van der Waals surface area contributed by atoms with Crippen LogP contribution >= 0.6 is 0 Å². The van der Waals surface area contributed by atoms with Crippen molar-refractivity contribution in [2.24, 2.45) is 0 Å². The second-order valence-corrected chi connectivity index (χ2v) is 5.72. The third-order valence-electron chi connectivity index (χ3n) is 3.89. The molecule has 0 radical (unpaired) electrons. The van der Waals surface area contributed by atoms with E-state index in [2.05, 4.69) is 20.4 Å². The van der Waals surface area contributed by atoms with Crippen LogP contribution in [0.25, 0.3) is 11.4 Å². The maximum absolute atomic E-state index is 12.1. The number of rotatable bonds is 8. The van der Waals surface area contributed by atoms with Crippen molar-refractivity contribution in [3.8, 4) is 22.9 Å². The molecule has 0 bridgehead atoms. The number of benzene rings is 1. The van der Waals surface area contributed by atoms with Crippen LogP contribution in [-0.4, -0.2) is 35.3 Å². The van der Waals surface area contributed by atoms with Crippen molar-refractivity contribution in [1.29, 1.82) is 0 Å². The number of amides is 1. The van der Waals surface area contributed by atoms with E-state index < -0.39 is 0 Å². The molecule has 0 spiro atoms. The fraction of sp³-hybridized carbons (Fsp3) is 0.263. The van der Waals surface area contributed by atoms with E-state index in [1.54, 1.807) is 38.7 Å². The summed E-state index contributed by atoms with van der Waals surface area (Å²) in [7, 11) is 3.15. The van der Waals surface area contributed by atoms with E-state index in [0.717, 1.165) is 11.1 Å². The van der Waals surface area contributed by atoms with Crippen molar-refractivity contribution >= 4 is 5.91 Å². The molecule has 0 saturated heterocycles. The van der Waals surface area contributed by atoms with Crippen LogP contribution in [0, 0.1) is 0 Å². The molecule has 8 heteroatoms. The molecule has 3 rings (SSSR count). The molecule has 0 aliphatic rings. The summed E-state index contributed by atoms with van der Waals surface area (Å²) in [5, 5.41) is 6.77. The molecule has 8 nitrogen and oxygen atoms in total. The van der Waals surface area contributed by atoms with Crippen molar-refractivity contribution in [3.63, 3.8) is 0 Å². The minimum atomic E-state index is -0.106. The molecule has 0 saturated carbocycles. The summed E-state index contributed by atoms with van der Waals surface area (Å²) >= 11 is 0. The monoisotopic (exact) mass is 368 g/mol. The predicted octanol–water partition coefficient (Wildman–Crippen LogP) is 2.40. The summed E-state index contributed by atoms with van der Waals surface area (Å²) in [6, 6.07) is 9.15. The number of nitrogens with zero attached hydrogens (tertiary/aromatic N) is 3. The van der Waals surface area contributed by atoms with Gasteiger partial charge in [-0.05, 0) is 29.8 Å². The summed E-state index contributed by atoms with van der Waals surface area (Å²) in [4.78, 5) is 20.4. The normalized spacial score (nSPS) is 10.4. The van der Waals surface area contributed by atoms with Gasteiger partial charge in [-0.2, -0.15) is 4.98 Å². The molecule has 0 aliphatic heterocycles. The number of carbonyl (C=O) groups is 1. The van der Waals surface area contributed by atoms with Crippen molar-refractivity contribution < 1.29 is 18.8 Å². The summed E-state index contributed by atoms with van der Waals surface area (Å²) in [6.45, 7) is 0.393. The molecule has 27 heavy (non-hydrogen) atoms. The van der Waals surface area contributed by atoms with Gasteiger partial charge in [0, 0.05) is 37.3 Å². The number of hydrogen-bond donors (Lipinski definition) is 1. The lowest BCUT2D eigenvalue weighted by molar-refractivity contribution is -0.121. The van der Waals surface area contributed by atoms with E-state index in [1.165, 1.54) is 0 Å². The van der Waals surface area contributed by atoms with Gasteiger partial charge >= 0.3 is 0 Å². The van der Waals surface area contributed by atoms with Gasteiger partial charge < -0.3 is 19.3 Å². The Labute approximate surface area is 156 Å². The second-order valence-electron chi connectivity index (χ2n) is 5.72. The van der Waals surface area contributed by atoms with Crippen LogP contribution in [0.2, 0.25) is 0 Å². The van der Waals surface area contributed by atoms with Crippen LogP contribution < -0.4 is 14.8 Å². The zero-order valence-electron chi connectivity index (χ0n) is 15.1. The lowest BCUT2D eigenvalue weighted by Crippen LogP contribution is -2.23. The van der Waals surface area contributed by atoms with Crippen LogP contribution in [0.1, 0.15) is 17.9 Å². The summed E-state index contributed by atoms with van der Waals surface area (Å²) in [5.74, 6) is 2.04. The third kappa shape index (κ3) is 4.81. The van der Waals surface area contributed by atoms with Gasteiger partial charge in [-0.1, -0.05) is 11.2 Å². The molecule has 0 atom stereocenters. The topological polar surface area (TPSA) is 99.4 Å².